The summed E-state index contributed by atoms with van der Waals surface area (Å²) in [5.74, 6) is -0.613. The summed E-state index contributed by atoms with van der Waals surface area (Å²) in [5.41, 5.74) is 3.71. The molecule has 3 N–H and O–H groups in total. The number of nitrogens with zero attached hydrogens (tertiary/aromatic N) is 1. The molecule has 0 saturated heterocycles. The Balaban J connectivity index is 2.00. The van der Waals surface area contributed by atoms with Crippen LogP contribution in [0, 0.1) is 10.1 Å². The summed E-state index contributed by atoms with van der Waals surface area (Å²) in [6, 6.07) is 18.9. The molecule has 2 heterocycles. The van der Waals surface area contributed by atoms with E-state index in [9.17, 15) is 20.2 Å². The number of thiophene rings is 1. The summed E-state index contributed by atoms with van der Waals surface area (Å²) in [6.07, 6.45) is 0. The van der Waals surface area contributed by atoms with E-state index in [1.807, 2.05) is 54.6 Å². The summed E-state index contributed by atoms with van der Waals surface area (Å²) in [4.78, 5) is 15.2. The van der Waals surface area contributed by atoms with E-state index in [1.165, 1.54) is 11.3 Å². The van der Waals surface area contributed by atoms with Crippen LogP contribution in [0.2, 0.25) is 0 Å². The molecule has 0 amide bonds. The Labute approximate surface area is 165 Å². The van der Waals surface area contributed by atoms with Gasteiger partial charge in [-0.25, -0.2) is 0 Å². The molecule has 0 fully saturated rings. The van der Waals surface area contributed by atoms with Gasteiger partial charge >= 0.3 is 7.12 Å². The number of hydrogen-bond acceptors (Lipinski definition) is 5. The highest BCUT2D eigenvalue weighted by Crippen LogP contribution is 2.39. The lowest BCUT2D eigenvalue weighted by Gasteiger charge is -2.16. The quantitative estimate of drug-likeness (QED) is 0.267. The minimum absolute atomic E-state index is 0.307. The van der Waals surface area contributed by atoms with Gasteiger partial charge in [-0.15, -0.1) is 11.3 Å². The fourth-order valence-electron chi connectivity index (χ4n) is 3.64. The van der Waals surface area contributed by atoms with Crippen molar-refractivity contribution in [2.24, 2.45) is 0 Å². The van der Waals surface area contributed by atoms with Gasteiger partial charge in [0.2, 0.25) is 6.54 Å². The van der Waals surface area contributed by atoms with Gasteiger partial charge in [0, 0.05) is 26.3 Å². The van der Waals surface area contributed by atoms with Gasteiger partial charge in [-0.1, -0.05) is 54.6 Å². The molecule has 8 heteroatoms. The average molecular weight is 392 g/mol. The maximum Gasteiger partial charge on any atom is 0.489 e. The zero-order valence-electron chi connectivity index (χ0n) is 14.8. The first-order valence-corrected chi connectivity index (χ1v) is 9.65. The van der Waals surface area contributed by atoms with E-state index in [0.29, 0.717) is 10.3 Å². The molecular weight excluding hydrogens is 375 g/mol. The van der Waals surface area contributed by atoms with Crippen molar-refractivity contribution in [3.05, 3.63) is 86.6 Å². The first-order chi connectivity index (χ1) is 13.6. The molecule has 0 spiro atoms. The summed E-state index contributed by atoms with van der Waals surface area (Å²) < 4.78 is 0. The van der Waals surface area contributed by atoms with Crippen LogP contribution < -0.4 is 5.46 Å². The summed E-state index contributed by atoms with van der Waals surface area (Å²) in [6.45, 7) is -0.345. The molecule has 4 aromatic rings. The van der Waals surface area contributed by atoms with E-state index in [0.717, 1.165) is 27.7 Å². The van der Waals surface area contributed by atoms with Crippen LogP contribution in [0.3, 0.4) is 0 Å². The topological polar surface area (TPSA) is 99.4 Å². The van der Waals surface area contributed by atoms with Gasteiger partial charge < -0.3 is 15.0 Å². The van der Waals surface area contributed by atoms with Crippen molar-refractivity contribution in [2.75, 3.05) is 6.54 Å². The molecule has 6 nitrogen and oxygen atoms in total. The molecular formula is C20H17BN2O4S. The lowest BCUT2D eigenvalue weighted by Crippen LogP contribution is -2.33. The van der Waals surface area contributed by atoms with Gasteiger partial charge in [0.1, 0.15) is 0 Å². The zero-order valence-corrected chi connectivity index (χ0v) is 15.6. The first kappa shape index (κ1) is 18.4. The predicted octanol–water partition coefficient (Wildman–Crippen LogP) is 2.98. The highest BCUT2D eigenvalue weighted by atomic mass is 32.1. The monoisotopic (exact) mass is 392 g/mol. The number of nitro groups is 1. The van der Waals surface area contributed by atoms with Crippen molar-refractivity contribution >= 4 is 34.8 Å². The molecule has 4 rings (SSSR count). The third-order valence-electron chi connectivity index (χ3n) is 4.81. The highest BCUT2D eigenvalue weighted by molar-refractivity contribution is 7.11. The van der Waals surface area contributed by atoms with Crippen molar-refractivity contribution in [2.45, 2.75) is 5.92 Å². The molecule has 0 radical (unpaired) electrons. The molecule has 1 unspecified atom stereocenters. The number of benzene rings is 2. The predicted molar refractivity (Wildman–Crippen MR) is 112 cm³/mol. The van der Waals surface area contributed by atoms with Gasteiger partial charge in [0.05, 0.1) is 11.6 Å². The number of rotatable bonds is 6. The van der Waals surface area contributed by atoms with Crippen molar-refractivity contribution in [1.29, 1.82) is 0 Å². The maximum absolute atomic E-state index is 11.5. The van der Waals surface area contributed by atoms with Crippen molar-refractivity contribution < 1.29 is 15.0 Å². The van der Waals surface area contributed by atoms with Crippen LogP contribution in [0.1, 0.15) is 16.4 Å². The first-order valence-electron chi connectivity index (χ1n) is 8.77. The SMILES string of the molecule is O=[N+]([O-])CC(c1sccc1B(O)O)c1c(-c2ccccc2)[nH]c2ccccc12. The maximum atomic E-state index is 11.5. The second-order valence-electron chi connectivity index (χ2n) is 6.51. The van der Waals surface area contributed by atoms with Gasteiger partial charge in [0.25, 0.3) is 0 Å². The van der Waals surface area contributed by atoms with Crippen LogP contribution in [0.25, 0.3) is 22.2 Å². The lowest BCUT2D eigenvalue weighted by molar-refractivity contribution is -0.481. The number of aromatic amines is 1. The van der Waals surface area contributed by atoms with E-state index >= 15 is 0 Å². The van der Waals surface area contributed by atoms with Crippen LogP contribution in [-0.4, -0.2) is 33.6 Å². The van der Waals surface area contributed by atoms with E-state index in [1.54, 1.807) is 11.4 Å². The van der Waals surface area contributed by atoms with Crippen LogP contribution in [0.5, 0.6) is 0 Å². The molecule has 2 aromatic carbocycles. The minimum atomic E-state index is -1.68. The Bertz CT molecular complexity index is 1120. The van der Waals surface area contributed by atoms with E-state index in [2.05, 4.69) is 4.98 Å². The van der Waals surface area contributed by atoms with Gasteiger partial charge in [-0.3, -0.25) is 10.1 Å². The molecule has 0 aliphatic rings. The Hall–Kier alpha value is -2.94. The van der Waals surface area contributed by atoms with Gasteiger partial charge in [-0.2, -0.15) is 0 Å². The van der Waals surface area contributed by atoms with Gasteiger partial charge in [-0.05, 0) is 22.5 Å². The van der Waals surface area contributed by atoms with Crippen LogP contribution >= 0.6 is 11.3 Å². The Morgan fingerprint density at radius 1 is 1.07 bits per heavy atom. The Kier molecular flexibility index (Phi) is 5.00. The van der Waals surface area contributed by atoms with E-state index < -0.39 is 13.0 Å². The normalized spacial score (nSPS) is 12.2. The van der Waals surface area contributed by atoms with E-state index in [-0.39, 0.29) is 11.5 Å². The molecule has 0 aliphatic carbocycles. The number of fused-ring (bicyclic) bond motifs is 1. The number of nitrogens with one attached hydrogen (secondary N) is 1. The number of para-hydroxylation sites is 1. The summed E-state index contributed by atoms with van der Waals surface area (Å²) in [7, 11) is -1.68. The summed E-state index contributed by atoms with van der Waals surface area (Å²) >= 11 is 1.30. The molecule has 28 heavy (non-hydrogen) atoms. The van der Waals surface area contributed by atoms with Crippen LogP contribution in [0.15, 0.2) is 66.0 Å². The largest absolute Gasteiger partial charge is 0.489 e. The number of H-pyrrole nitrogens is 1. The fourth-order valence-corrected chi connectivity index (χ4v) is 4.67. The molecule has 1 atom stereocenters. The van der Waals surface area contributed by atoms with Crippen molar-refractivity contribution in [3.8, 4) is 11.3 Å². The Morgan fingerprint density at radius 2 is 1.79 bits per heavy atom. The molecule has 0 bridgehead atoms. The third kappa shape index (κ3) is 3.33. The zero-order chi connectivity index (χ0) is 19.7. The second kappa shape index (κ2) is 7.59. The van der Waals surface area contributed by atoms with E-state index in [4.69, 9.17) is 0 Å². The average Bonchev–Trinajstić information content (AvgIpc) is 3.32. The molecule has 140 valence electrons. The molecule has 0 aliphatic heterocycles. The number of aromatic nitrogens is 1. The van der Waals surface area contributed by atoms with Crippen molar-refractivity contribution in [3.63, 3.8) is 0 Å². The smallest absolute Gasteiger partial charge is 0.423 e. The fraction of sp³-hybridized carbons (Fsp3) is 0.100. The highest BCUT2D eigenvalue weighted by Gasteiger charge is 2.32. The lowest BCUT2D eigenvalue weighted by atomic mass is 9.76. The van der Waals surface area contributed by atoms with Gasteiger partial charge in [0.15, 0.2) is 0 Å². The Morgan fingerprint density at radius 3 is 2.50 bits per heavy atom. The molecule has 0 saturated carbocycles. The van der Waals surface area contributed by atoms with Crippen molar-refractivity contribution in [1.82, 2.24) is 4.98 Å². The third-order valence-corrected chi connectivity index (χ3v) is 5.86. The van der Waals surface area contributed by atoms with Crippen LogP contribution in [-0.2, 0) is 0 Å². The van der Waals surface area contributed by atoms with Crippen LogP contribution in [0.4, 0.5) is 0 Å². The number of hydrogen-bond donors (Lipinski definition) is 3. The second-order valence-corrected chi connectivity index (χ2v) is 7.45. The standard InChI is InChI=1S/C20H17BN2O4S/c24-21(25)16-10-11-28-20(16)15(12-23(26)27)18-14-8-4-5-9-17(14)22-19(18)13-6-2-1-3-7-13/h1-11,15,22,24-25H,12H2. The minimum Gasteiger partial charge on any atom is -0.423 e. The molecule has 2 aromatic heterocycles. The summed E-state index contributed by atoms with van der Waals surface area (Å²) in [5, 5.41) is 33.7.